The predicted octanol–water partition coefficient (Wildman–Crippen LogP) is 1.39. The minimum absolute atomic E-state index is 0.0338. The van der Waals surface area contributed by atoms with Crippen LogP contribution in [-0.4, -0.2) is 67.7 Å². The van der Waals surface area contributed by atoms with E-state index in [2.05, 4.69) is 15.3 Å². The Morgan fingerprint density at radius 1 is 1.38 bits per heavy atom. The second-order valence-corrected chi connectivity index (χ2v) is 7.70. The number of aliphatic carboxylic acids is 1. The maximum absolute atomic E-state index is 13.6. The second kappa shape index (κ2) is 6.83. The number of hydroxylamine groups is 2. The van der Waals surface area contributed by atoms with Gasteiger partial charge in [0.2, 0.25) is 0 Å². The van der Waals surface area contributed by atoms with E-state index in [-0.39, 0.29) is 13.1 Å². The van der Waals surface area contributed by atoms with E-state index in [0.29, 0.717) is 16.3 Å². The number of aryl methyl sites for hydroxylation is 1. The lowest BCUT2D eigenvalue weighted by atomic mass is 9.98. The Morgan fingerprint density at radius 2 is 2.03 bits per heavy atom. The molecule has 0 radical (unpaired) electrons. The molecule has 0 aliphatic carbocycles. The molecule has 1 aromatic heterocycles. The van der Waals surface area contributed by atoms with Crippen molar-refractivity contribution in [1.29, 1.82) is 0 Å². The van der Waals surface area contributed by atoms with Crippen LogP contribution >= 0.6 is 0 Å². The number of carboxylic acids is 1. The Bertz CT molecular complexity index is 851. The summed E-state index contributed by atoms with van der Waals surface area (Å²) in [5, 5.41) is 15.6. The van der Waals surface area contributed by atoms with Crippen LogP contribution in [0.25, 0.3) is 0 Å². The van der Waals surface area contributed by atoms with E-state index in [4.69, 9.17) is 9.84 Å². The molecule has 1 aromatic rings. The van der Waals surface area contributed by atoms with Crippen molar-refractivity contribution >= 4 is 18.1 Å². The van der Waals surface area contributed by atoms with E-state index in [0.717, 1.165) is 0 Å². The summed E-state index contributed by atoms with van der Waals surface area (Å²) in [7, 11) is 1.60. The third-order valence-corrected chi connectivity index (χ3v) is 4.45. The molecule has 0 saturated carbocycles. The first-order valence-electron chi connectivity index (χ1n) is 8.70. The van der Waals surface area contributed by atoms with E-state index < -0.39 is 41.9 Å². The van der Waals surface area contributed by atoms with Crippen LogP contribution < -0.4 is 5.32 Å². The van der Waals surface area contributed by atoms with Crippen LogP contribution in [0, 0.1) is 0 Å². The summed E-state index contributed by atoms with van der Waals surface area (Å²) in [5.41, 5.74) is 0.206. The molecular formula is C16H21F2N5O6. The lowest BCUT2D eigenvalue weighted by molar-refractivity contribution is -0.328. The first-order chi connectivity index (χ1) is 13.3. The molecule has 11 nitrogen and oxygen atoms in total. The number of nitrogens with zero attached hydrogens (tertiary/aromatic N) is 4. The molecule has 13 heteroatoms. The van der Waals surface area contributed by atoms with Crippen LogP contribution in [0.2, 0.25) is 0 Å². The van der Waals surface area contributed by atoms with E-state index in [1.807, 2.05) is 0 Å². The topological polar surface area (TPSA) is 126 Å². The van der Waals surface area contributed by atoms with Gasteiger partial charge in [0.05, 0.1) is 24.5 Å². The zero-order chi connectivity index (χ0) is 21.7. The summed E-state index contributed by atoms with van der Waals surface area (Å²) in [6.07, 6.45) is -3.90. The largest absolute Gasteiger partial charge is 0.476 e. The highest BCUT2D eigenvalue weighted by Gasteiger charge is 2.55. The van der Waals surface area contributed by atoms with Gasteiger partial charge in [0, 0.05) is 19.2 Å². The van der Waals surface area contributed by atoms with Crippen LogP contribution in [0.3, 0.4) is 0 Å². The zero-order valence-corrected chi connectivity index (χ0v) is 16.2. The van der Waals surface area contributed by atoms with Crippen LogP contribution in [0.4, 0.5) is 18.4 Å². The number of alkyl halides is 2. The summed E-state index contributed by atoms with van der Waals surface area (Å²) < 4.78 is 33.8. The highest BCUT2D eigenvalue weighted by Crippen LogP contribution is 2.44. The van der Waals surface area contributed by atoms with Crippen LogP contribution in [-0.2, 0) is 21.4 Å². The summed E-state index contributed by atoms with van der Waals surface area (Å²) in [5.74, 6) is -2.52. The van der Waals surface area contributed by atoms with E-state index in [1.54, 1.807) is 27.8 Å². The molecule has 0 unspecified atom stereocenters. The first-order valence-corrected chi connectivity index (χ1v) is 8.70. The number of hydrogen-bond acceptors (Lipinski definition) is 6. The molecule has 3 heterocycles. The van der Waals surface area contributed by atoms with Gasteiger partial charge < -0.3 is 20.1 Å². The van der Waals surface area contributed by atoms with Crippen molar-refractivity contribution in [2.24, 2.45) is 7.05 Å². The fourth-order valence-corrected chi connectivity index (χ4v) is 3.33. The van der Waals surface area contributed by atoms with Crippen molar-refractivity contribution in [2.45, 2.75) is 44.6 Å². The van der Waals surface area contributed by atoms with Crippen molar-refractivity contribution in [2.75, 3.05) is 13.1 Å². The van der Waals surface area contributed by atoms with Gasteiger partial charge in [-0.2, -0.15) is 23.8 Å². The minimum atomic E-state index is -4.58. The number of nitrogens with one attached hydrogen (secondary N) is 1. The van der Waals surface area contributed by atoms with E-state index in [9.17, 15) is 23.2 Å². The number of carboxylic acid groups (broad SMARTS) is 1. The number of ether oxygens (including phenoxy) is 1. The van der Waals surface area contributed by atoms with Gasteiger partial charge in [0.25, 0.3) is 0 Å². The van der Waals surface area contributed by atoms with E-state index >= 15 is 0 Å². The SMILES string of the molecule is Cn1ncc2c1[C@@H](CNC(=O)OC(C)(C)C)N1C[C@H]2N(OC(F)(F)C(=O)O)C1=O. The molecule has 3 amide bonds. The van der Waals surface area contributed by atoms with Gasteiger partial charge in [-0.1, -0.05) is 0 Å². The second-order valence-electron chi connectivity index (χ2n) is 7.70. The average molecular weight is 417 g/mol. The quantitative estimate of drug-likeness (QED) is 0.741. The minimum Gasteiger partial charge on any atom is -0.475 e. The molecule has 1 fully saturated rings. The van der Waals surface area contributed by atoms with Gasteiger partial charge in [0.1, 0.15) is 11.6 Å². The van der Waals surface area contributed by atoms with E-state index in [1.165, 1.54) is 15.8 Å². The Morgan fingerprint density at radius 3 is 2.62 bits per heavy atom. The standard InChI is InChI=1S/C16H21F2N5O6/c1-15(2,3)28-13(26)19-6-9-11-8(5-20-21(11)4)10-7-22(9)14(27)23(10)29-16(17,18)12(24)25/h5,9-10H,6-7H2,1-4H3,(H,19,26)(H,24,25)/t9-,10-/m1/s1. The van der Waals surface area contributed by atoms with Gasteiger partial charge in [-0.25, -0.2) is 14.4 Å². The maximum atomic E-state index is 13.6. The molecular weight excluding hydrogens is 396 g/mol. The first kappa shape index (κ1) is 20.8. The molecule has 2 aliphatic heterocycles. The Hall–Kier alpha value is -2.96. The summed E-state index contributed by atoms with van der Waals surface area (Å²) >= 11 is 0. The van der Waals surface area contributed by atoms with Crippen molar-refractivity contribution in [1.82, 2.24) is 25.1 Å². The van der Waals surface area contributed by atoms with Gasteiger partial charge in [-0.3, -0.25) is 4.68 Å². The summed E-state index contributed by atoms with van der Waals surface area (Å²) in [6.45, 7) is 4.98. The maximum Gasteiger partial charge on any atom is 0.476 e. The Balaban J connectivity index is 1.85. The normalized spacial score (nSPS) is 21.2. The van der Waals surface area contributed by atoms with Crippen molar-refractivity contribution < 1.29 is 37.8 Å². The number of halogens is 2. The average Bonchev–Trinajstić information content (AvgIpc) is 3.08. The number of carbonyl (C=O) groups is 3. The van der Waals surface area contributed by atoms with Crippen LogP contribution in [0.1, 0.15) is 44.1 Å². The number of aromatic nitrogens is 2. The Labute approximate surface area is 164 Å². The summed E-state index contributed by atoms with van der Waals surface area (Å²) in [6, 6.07) is -2.64. The monoisotopic (exact) mass is 417 g/mol. The highest BCUT2D eigenvalue weighted by atomic mass is 19.3. The van der Waals surface area contributed by atoms with Gasteiger partial charge in [-0.05, 0) is 20.8 Å². The number of alkyl carbamates (subject to hydrolysis) is 1. The predicted molar refractivity (Wildman–Crippen MR) is 90.5 cm³/mol. The lowest BCUT2D eigenvalue weighted by Gasteiger charge is -2.31. The number of amides is 3. The molecule has 0 spiro atoms. The third kappa shape index (κ3) is 3.81. The number of rotatable bonds is 5. The van der Waals surface area contributed by atoms with Crippen molar-refractivity contribution in [3.8, 4) is 0 Å². The number of hydrogen-bond donors (Lipinski definition) is 2. The Kier molecular flexibility index (Phi) is 4.89. The molecule has 2 N–H and O–H groups in total. The van der Waals surface area contributed by atoms with Crippen molar-refractivity contribution in [3.05, 3.63) is 17.5 Å². The molecule has 2 aliphatic rings. The highest BCUT2D eigenvalue weighted by molar-refractivity contribution is 5.79. The van der Waals surface area contributed by atoms with Crippen LogP contribution in [0.5, 0.6) is 0 Å². The lowest BCUT2D eigenvalue weighted by Crippen LogP contribution is -2.44. The van der Waals surface area contributed by atoms with Gasteiger partial charge >= 0.3 is 24.2 Å². The molecule has 160 valence electrons. The van der Waals surface area contributed by atoms with Crippen LogP contribution in [0.15, 0.2) is 6.20 Å². The molecule has 2 bridgehead atoms. The molecule has 2 atom stereocenters. The number of fused-ring (bicyclic) bond motifs is 4. The molecule has 29 heavy (non-hydrogen) atoms. The van der Waals surface area contributed by atoms with Gasteiger partial charge in [0.15, 0.2) is 0 Å². The zero-order valence-electron chi connectivity index (χ0n) is 16.2. The molecule has 0 aromatic carbocycles. The number of urea groups is 1. The molecule has 3 rings (SSSR count). The smallest absolute Gasteiger partial charge is 0.475 e. The fraction of sp³-hybridized carbons (Fsp3) is 0.625. The van der Waals surface area contributed by atoms with Crippen molar-refractivity contribution in [3.63, 3.8) is 0 Å². The third-order valence-electron chi connectivity index (χ3n) is 4.45. The molecule has 1 saturated heterocycles. The fourth-order valence-electron chi connectivity index (χ4n) is 3.33. The number of carbonyl (C=O) groups excluding carboxylic acids is 2. The summed E-state index contributed by atoms with van der Waals surface area (Å²) in [4.78, 5) is 40.8. The van der Waals surface area contributed by atoms with Gasteiger partial charge in [-0.15, -0.1) is 0 Å².